The molecule has 0 spiro atoms. The fourth-order valence-electron chi connectivity index (χ4n) is 3.62. The van der Waals surface area contributed by atoms with Gasteiger partial charge in [0.2, 0.25) is 0 Å². The fraction of sp³-hybridized carbons (Fsp3) is 0.765. The number of nitrogens with zero attached hydrogens (tertiary/aromatic N) is 3. The van der Waals surface area contributed by atoms with Crippen LogP contribution in [0.5, 0.6) is 0 Å². The van der Waals surface area contributed by atoms with Gasteiger partial charge in [-0.15, -0.1) is 24.0 Å². The average molecular weight is 447 g/mol. The van der Waals surface area contributed by atoms with Crippen molar-refractivity contribution in [1.82, 2.24) is 20.2 Å². The molecule has 2 N–H and O–H groups in total. The molecule has 0 bridgehead atoms. The van der Waals surface area contributed by atoms with E-state index >= 15 is 0 Å². The Hall–Kier alpha value is -0.830. The van der Waals surface area contributed by atoms with Gasteiger partial charge in [0.1, 0.15) is 5.82 Å². The third-order valence-corrected chi connectivity index (χ3v) is 5.39. The Morgan fingerprint density at radius 2 is 2.25 bits per heavy atom. The van der Waals surface area contributed by atoms with Gasteiger partial charge in [-0.2, -0.15) is 0 Å². The van der Waals surface area contributed by atoms with E-state index in [1.807, 2.05) is 7.05 Å². The molecule has 2 aliphatic rings. The topological polar surface area (TPSA) is 63.5 Å². The lowest BCUT2D eigenvalue weighted by Gasteiger charge is -2.51. The molecule has 1 aliphatic carbocycles. The molecule has 7 heteroatoms. The van der Waals surface area contributed by atoms with Crippen molar-refractivity contribution < 1.29 is 4.74 Å². The summed E-state index contributed by atoms with van der Waals surface area (Å²) in [7, 11) is 3.60. The Bertz CT molecular complexity index is 560. The Balaban J connectivity index is 0.00000208. The van der Waals surface area contributed by atoms with Gasteiger partial charge in [0.15, 0.2) is 5.96 Å². The summed E-state index contributed by atoms with van der Waals surface area (Å²) in [5, 5.41) is 6.90. The number of imidazole rings is 1. The molecule has 1 saturated carbocycles. The molecule has 2 atom stereocenters. The highest BCUT2D eigenvalue weighted by Gasteiger charge is 2.48. The highest BCUT2D eigenvalue weighted by molar-refractivity contribution is 14.0. The van der Waals surface area contributed by atoms with Crippen molar-refractivity contribution in [3.05, 3.63) is 17.7 Å². The van der Waals surface area contributed by atoms with Crippen molar-refractivity contribution in [2.45, 2.75) is 64.8 Å². The summed E-state index contributed by atoms with van der Waals surface area (Å²) in [5.41, 5.74) is 1.22. The van der Waals surface area contributed by atoms with Gasteiger partial charge in [0.25, 0.3) is 0 Å². The second kappa shape index (κ2) is 8.03. The van der Waals surface area contributed by atoms with E-state index < -0.39 is 0 Å². The third kappa shape index (κ3) is 3.87. The van der Waals surface area contributed by atoms with Crippen molar-refractivity contribution in [3.8, 4) is 0 Å². The molecule has 2 heterocycles. The van der Waals surface area contributed by atoms with E-state index in [9.17, 15) is 0 Å². The molecule has 24 heavy (non-hydrogen) atoms. The van der Waals surface area contributed by atoms with E-state index in [4.69, 9.17) is 9.72 Å². The number of aliphatic imine (C=N–C) groups is 1. The van der Waals surface area contributed by atoms with Gasteiger partial charge in [-0.05, 0) is 19.3 Å². The van der Waals surface area contributed by atoms with Crippen molar-refractivity contribution >= 4 is 29.9 Å². The van der Waals surface area contributed by atoms with E-state index in [1.54, 1.807) is 7.11 Å². The number of hydrogen-bond acceptors (Lipinski definition) is 3. The Labute approximate surface area is 161 Å². The number of rotatable bonds is 4. The van der Waals surface area contributed by atoms with Gasteiger partial charge < -0.3 is 19.9 Å². The maximum Gasteiger partial charge on any atom is 0.191 e. The van der Waals surface area contributed by atoms with Gasteiger partial charge >= 0.3 is 0 Å². The first-order valence-electron chi connectivity index (χ1n) is 8.59. The molecule has 1 aromatic rings. The molecule has 136 valence electrons. The minimum absolute atomic E-state index is 0. The molecule has 2 unspecified atom stereocenters. The Kier molecular flexibility index (Phi) is 6.52. The van der Waals surface area contributed by atoms with Crippen LogP contribution in [0.3, 0.4) is 0 Å². The smallest absolute Gasteiger partial charge is 0.191 e. The number of methoxy groups -OCH3 is 1. The second-order valence-corrected chi connectivity index (χ2v) is 7.20. The summed E-state index contributed by atoms with van der Waals surface area (Å²) in [6, 6.07) is 0.383. The predicted molar refractivity (Wildman–Crippen MR) is 107 cm³/mol. The minimum atomic E-state index is 0. The zero-order valence-electron chi connectivity index (χ0n) is 15.1. The maximum atomic E-state index is 5.51. The highest BCUT2D eigenvalue weighted by Crippen LogP contribution is 2.42. The minimum Gasteiger partial charge on any atom is -0.381 e. The first-order valence-corrected chi connectivity index (χ1v) is 8.59. The standard InChI is InChI=1S/C17H29N5O.HI/c1-17(2)13(9-14(17)23-4)21-16(18-3)19-10-12-11-22-8-6-5-7-15(22)20-12;/h11,13-14H,5-10H2,1-4H3,(H2,18,19,21);1H. The van der Waals surface area contributed by atoms with Gasteiger partial charge in [-0.3, -0.25) is 4.99 Å². The number of hydrogen-bond donors (Lipinski definition) is 2. The maximum absolute atomic E-state index is 5.51. The molecular weight excluding hydrogens is 417 g/mol. The zero-order chi connectivity index (χ0) is 16.4. The van der Waals surface area contributed by atoms with Crippen molar-refractivity contribution in [3.63, 3.8) is 0 Å². The van der Waals surface area contributed by atoms with E-state index in [2.05, 4.69) is 40.2 Å². The molecule has 3 rings (SSSR count). The number of aromatic nitrogens is 2. The van der Waals surface area contributed by atoms with E-state index in [0.29, 0.717) is 18.7 Å². The quantitative estimate of drug-likeness (QED) is 0.423. The largest absolute Gasteiger partial charge is 0.381 e. The summed E-state index contributed by atoms with van der Waals surface area (Å²) in [6.45, 7) is 6.28. The zero-order valence-corrected chi connectivity index (χ0v) is 17.5. The highest BCUT2D eigenvalue weighted by atomic mass is 127. The molecule has 0 aromatic carbocycles. The van der Waals surface area contributed by atoms with Crippen LogP contribution in [0.25, 0.3) is 0 Å². The normalized spacial score (nSPS) is 25.2. The number of ether oxygens (including phenoxy) is 1. The van der Waals surface area contributed by atoms with Gasteiger partial charge in [-0.25, -0.2) is 4.98 Å². The van der Waals surface area contributed by atoms with Crippen LogP contribution in [0.4, 0.5) is 0 Å². The van der Waals surface area contributed by atoms with Crippen molar-refractivity contribution in [2.24, 2.45) is 10.4 Å². The average Bonchev–Trinajstić information content (AvgIpc) is 2.96. The van der Waals surface area contributed by atoms with Gasteiger partial charge in [0.05, 0.1) is 18.3 Å². The van der Waals surface area contributed by atoms with Crippen molar-refractivity contribution in [1.29, 1.82) is 0 Å². The molecule has 6 nitrogen and oxygen atoms in total. The predicted octanol–water partition coefficient (Wildman–Crippen LogP) is 2.32. The first kappa shape index (κ1) is 19.5. The van der Waals surface area contributed by atoms with E-state index in [-0.39, 0.29) is 29.4 Å². The lowest BCUT2D eigenvalue weighted by atomic mass is 9.64. The number of fused-ring (bicyclic) bond motifs is 1. The monoisotopic (exact) mass is 447 g/mol. The molecule has 0 amide bonds. The molecule has 1 aromatic heterocycles. The summed E-state index contributed by atoms with van der Waals surface area (Å²) >= 11 is 0. The lowest BCUT2D eigenvalue weighted by molar-refractivity contribution is -0.0922. The van der Waals surface area contributed by atoms with Crippen molar-refractivity contribution in [2.75, 3.05) is 14.2 Å². The molecule has 1 aliphatic heterocycles. The van der Waals surface area contributed by atoms with Crippen LogP contribution in [0.1, 0.15) is 44.6 Å². The number of halogens is 1. The summed E-state index contributed by atoms with van der Waals surface area (Å²) in [6.07, 6.45) is 7.12. The number of guanidine groups is 1. The second-order valence-electron chi connectivity index (χ2n) is 7.20. The van der Waals surface area contributed by atoms with Crippen LogP contribution < -0.4 is 10.6 Å². The van der Waals surface area contributed by atoms with E-state index in [0.717, 1.165) is 31.0 Å². The summed E-state index contributed by atoms with van der Waals surface area (Å²) < 4.78 is 7.80. The Morgan fingerprint density at radius 3 is 2.88 bits per heavy atom. The van der Waals surface area contributed by atoms with Crippen LogP contribution >= 0.6 is 24.0 Å². The van der Waals surface area contributed by atoms with Gasteiger partial charge in [-0.1, -0.05) is 13.8 Å². The third-order valence-electron chi connectivity index (χ3n) is 5.39. The van der Waals surface area contributed by atoms with Gasteiger partial charge in [0, 0.05) is 44.8 Å². The van der Waals surface area contributed by atoms with Crippen LogP contribution in [-0.2, 0) is 24.2 Å². The van der Waals surface area contributed by atoms with E-state index in [1.165, 1.54) is 18.7 Å². The number of aryl methyl sites for hydroxylation is 2. The molecule has 1 fully saturated rings. The van der Waals surface area contributed by atoms with Crippen LogP contribution in [0.15, 0.2) is 11.2 Å². The molecule has 0 saturated heterocycles. The van der Waals surface area contributed by atoms with Crippen LogP contribution in [-0.4, -0.2) is 41.8 Å². The van der Waals surface area contributed by atoms with Crippen LogP contribution in [0, 0.1) is 5.41 Å². The molecule has 0 radical (unpaired) electrons. The lowest BCUT2D eigenvalue weighted by Crippen LogP contribution is -2.63. The number of nitrogens with one attached hydrogen (secondary N) is 2. The molecular formula is C17H30IN5O. The first-order chi connectivity index (χ1) is 11.0. The summed E-state index contributed by atoms with van der Waals surface area (Å²) in [4.78, 5) is 9.06. The fourth-order valence-corrected chi connectivity index (χ4v) is 3.62. The van der Waals surface area contributed by atoms with Crippen LogP contribution in [0.2, 0.25) is 0 Å². The SMILES string of the molecule is CN=C(NCc1cn2c(n1)CCCC2)NC1CC(OC)C1(C)C.I. The summed E-state index contributed by atoms with van der Waals surface area (Å²) in [5.74, 6) is 2.06. The Morgan fingerprint density at radius 1 is 1.46 bits per heavy atom.